The molecular formula is C59H100N2O31P2. The minimum absolute atomic E-state index is 0.526. The van der Waals surface area contributed by atoms with Gasteiger partial charge >= 0.3 is 15.6 Å². The zero-order chi connectivity index (χ0) is 70.1. The first kappa shape index (κ1) is 81.7. The number of allylic oxidation sites excluding steroid dienone is 9. The molecule has 5 fully saturated rings. The van der Waals surface area contributed by atoms with Gasteiger partial charge in [-0.05, 0) is 99.8 Å². The summed E-state index contributed by atoms with van der Waals surface area (Å²) >= 11 is 0. The topological polar surface area (TPSA) is 507 Å². The summed E-state index contributed by atoms with van der Waals surface area (Å²) in [6, 6.07) is -3.98. The zero-order valence-electron chi connectivity index (χ0n) is 54.1. The summed E-state index contributed by atoms with van der Waals surface area (Å²) in [6.45, 7) is 10.5. The first-order chi connectivity index (χ1) is 44.2. The molecule has 0 aliphatic carbocycles. The third-order valence-electron chi connectivity index (χ3n) is 16.4. The molecule has 0 aromatic rings. The van der Waals surface area contributed by atoms with E-state index < -0.39 is 214 Å². The number of hydrogen-bond donors (Lipinski definition) is 17. The summed E-state index contributed by atoms with van der Waals surface area (Å²) in [5, 5.41) is 146. The van der Waals surface area contributed by atoms with E-state index in [-0.39, 0.29) is 0 Å². The van der Waals surface area contributed by atoms with Gasteiger partial charge in [0.2, 0.25) is 11.8 Å². The van der Waals surface area contributed by atoms with Gasteiger partial charge in [-0.3, -0.25) is 18.6 Å². The van der Waals surface area contributed by atoms with Crippen molar-refractivity contribution in [1.82, 2.24) is 10.6 Å². The van der Waals surface area contributed by atoms with Crippen molar-refractivity contribution in [2.24, 2.45) is 0 Å². The second-order valence-corrected chi connectivity index (χ2v) is 27.4. The lowest BCUT2D eigenvalue weighted by molar-refractivity contribution is -0.402. The van der Waals surface area contributed by atoms with Crippen LogP contribution in [-0.2, 0) is 74.7 Å². The molecular weight excluding hydrogens is 1290 g/mol. The van der Waals surface area contributed by atoms with Gasteiger partial charge in [0.05, 0.1) is 39.1 Å². The number of phosphoric acid groups is 2. The molecule has 17 N–H and O–H groups in total. The summed E-state index contributed by atoms with van der Waals surface area (Å²) in [7, 11) is -11.4. The number of aliphatic hydroxyl groups is 13. The van der Waals surface area contributed by atoms with Crippen LogP contribution in [-0.4, -0.2) is 274 Å². The Kier molecular flexibility index (Phi) is 33.0. The van der Waals surface area contributed by atoms with Gasteiger partial charge in [-0.1, -0.05) is 58.2 Å². The van der Waals surface area contributed by atoms with Gasteiger partial charge in [0.1, 0.15) is 116 Å². The molecule has 35 heteroatoms. The molecule has 33 nitrogen and oxygen atoms in total. The highest BCUT2D eigenvalue weighted by molar-refractivity contribution is 7.61. The lowest BCUT2D eigenvalue weighted by Crippen LogP contribution is -2.71. The van der Waals surface area contributed by atoms with Gasteiger partial charge < -0.3 is 129 Å². The summed E-state index contributed by atoms with van der Waals surface area (Å²) in [6.07, 6.45) is -28.7. The maximum atomic E-state index is 13.7. The second kappa shape index (κ2) is 38.0. The molecule has 542 valence electrons. The smallest absolute Gasteiger partial charge is 0.394 e. The fourth-order valence-electron chi connectivity index (χ4n) is 11.0. The summed E-state index contributed by atoms with van der Waals surface area (Å²) < 4.78 is 94.8. The fraction of sp³-hybridized carbons (Fsp3) is 0.797. The van der Waals surface area contributed by atoms with Crippen molar-refractivity contribution in [3.05, 3.63) is 58.2 Å². The fourth-order valence-corrected chi connectivity index (χ4v) is 13.1. The van der Waals surface area contributed by atoms with Gasteiger partial charge in [0.25, 0.3) is 0 Å². The van der Waals surface area contributed by atoms with Crippen LogP contribution >= 0.6 is 15.6 Å². The van der Waals surface area contributed by atoms with E-state index in [9.17, 15) is 94.9 Å². The van der Waals surface area contributed by atoms with E-state index in [2.05, 4.69) is 66.9 Å². The number of carbonyl (C=O) groups is 2. The summed E-state index contributed by atoms with van der Waals surface area (Å²) in [5.41, 5.74) is 5.91. The maximum Gasteiger partial charge on any atom is 0.483 e. The number of rotatable bonds is 33. The lowest BCUT2D eigenvalue weighted by Gasteiger charge is -2.51. The van der Waals surface area contributed by atoms with E-state index in [1.54, 1.807) is 6.92 Å². The van der Waals surface area contributed by atoms with Crippen LogP contribution in [0.5, 0.6) is 0 Å². The van der Waals surface area contributed by atoms with Crippen molar-refractivity contribution in [2.75, 3.05) is 33.0 Å². The van der Waals surface area contributed by atoms with Crippen LogP contribution in [0.4, 0.5) is 0 Å². The SMILES string of the molecule is CC(=O)N[C@H]1[C@@H](OP(=O)(O)OP(=O)(O)OC/C=C(/C)CC/C=C(/C)CC/C=C(/C)CC/C=C(/C)CCC=C(C)C)O[C@H](CO)[C@H](O)[C@@H]1O[C@H]1O[C@H](CO)[C@H](O)[C@H](O[C@@H]2O[C@H](CO)[C@H](O)[C@H](O[C@H]3O[C@H](CO)[C@H](O)[C@H](O)[C@H]3O)[C@H]2O[C@@H]2O[C@@H](C)[C@@H](O)[C@@H](O)[C@@H]2O)[C@H]1NC(C)=O. The number of nitrogens with one attached hydrogen (secondary N) is 2. The monoisotopic (exact) mass is 1390 g/mol. The molecule has 27 atom stereocenters. The summed E-state index contributed by atoms with van der Waals surface area (Å²) in [5.74, 6) is -1.92. The van der Waals surface area contributed by atoms with Crippen LogP contribution in [0.15, 0.2) is 58.2 Å². The Morgan fingerprint density at radius 3 is 1.24 bits per heavy atom. The van der Waals surface area contributed by atoms with Gasteiger partial charge in [0, 0.05) is 13.8 Å². The Labute approximate surface area is 545 Å². The van der Waals surface area contributed by atoms with Gasteiger partial charge in [-0.2, -0.15) is 4.31 Å². The number of hydrogen-bond acceptors (Lipinski definition) is 29. The van der Waals surface area contributed by atoms with Crippen LogP contribution < -0.4 is 10.6 Å². The number of carbonyl (C=O) groups excluding carboxylic acids is 2. The van der Waals surface area contributed by atoms with E-state index in [1.165, 1.54) is 35.3 Å². The predicted molar refractivity (Wildman–Crippen MR) is 325 cm³/mol. The highest BCUT2D eigenvalue weighted by Gasteiger charge is 2.59. The molecule has 5 saturated heterocycles. The van der Waals surface area contributed by atoms with Crippen molar-refractivity contribution >= 4 is 27.5 Å². The highest BCUT2D eigenvalue weighted by atomic mass is 31.3. The molecule has 0 spiro atoms. The van der Waals surface area contributed by atoms with E-state index >= 15 is 0 Å². The lowest BCUT2D eigenvalue weighted by atomic mass is 9.93. The Morgan fingerprint density at radius 1 is 0.415 bits per heavy atom. The molecule has 0 aromatic heterocycles. The number of amides is 2. The van der Waals surface area contributed by atoms with Gasteiger partial charge in [0.15, 0.2) is 31.5 Å². The van der Waals surface area contributed by atoms with Crippen molar-refractivity contribution in [2.45, 2.75) is 267 Å². The second-order valence-electron chi connectivity index (χ2n) is 24.4. The third-order valence-corrected chi connectivity index (χ3v) is 19.0. The predicted octanol–water partition coefficient (Wildman–Crippen LogP) is -1.48. The van der Waals surface area contributed by atoms with E-state index in [4.69, 9.17) is 51.7 Å². The molecule has 0 bridgehead atoms. The van der Waals surface area contributed by atoms with E-state index in [1.807, 2.05) is 6.92 Å². The van der Waals surface area contributed by atoms with Crippen LogP contribution in [0.2, 0.25) is 0 Å². The Bertz CT molecular complexity index is 2650. The third kappa shape index (κ3) is 23.6. The molecule has 0 aromatic carbocycles. The minimum Gasteiger partial charge on any atom is -0.394 e. The molecule has 2 unspecified atom stereocenters. The van der Waals surface area contributed by atoms with Crippen molar-refractivity contribution in [3.63, 3.8) is 0 Å². The standard InChI is InChI=1S/C59H100N2O31P2/c1-28(2)14-10-15-29(3)16-11-17-30(4)18-12-19-31(5)20-13-21-32(6)22-23-81-93(77,78)92-94(79,80)91-56-41(61-35(9)67)52(45(71)38(26-64)84-56)87-55-40(60-34(8)66)51(44(70)37(25-63)83-55)88-59-54(90-57-49(75)47(73)42(68)33(7)82-57)53(46(72)39(27-65)86-59)89-58-50(76)48(74)43(69)36(24-62)85-58/h14,16,18,20,22,33,36-59,62-65,68-76H,10-13,15,17,19,21,23-27H2,1-9H3,(H,60,66)(H,61,67)(H,77,78)(H,79,80)/b29-16-,30-18-,31-20-,32-22-/t33-,36+,37+,38+,39+,40+,41+,42+,43-,44-,45-,46-,47+,48-,49-,50+,51+,52+,53-,54+,55+,56+,57-,58+,59-/m0/s1. The average molecular weight is 1400 g/mol. The normalized spacial score (nSPS) is 38.5. The number of phosphoric ester groups is 2. The maximum absolute atomic E-state index is 13.7. The number of aliphatic hydroxyl groups excluding tert-OH is 13. The van der Waals surface area contributed by atoms with E-state index in [0.29, 0.717) is 12.8 Å². The Morgan fingerprint density at radius 2 is 0.777 bits per heavy atom. The molecule has 0 radical (unpaired) electrons. The Hall–Kier alpha value is -2.98. The van der Waals surface area contributed by atoms with Gasteiger partial charge in [-0.15, -0.1) is 0 Å². The highest BCUT2D eigenvalue weighted by Crippen LogP contribution is 2.61. The van der Waals surface area contributed by atoms with E-state index in [0.717, 1.165) is 57.9 Å². The quantitative estimate of drug-likeness (QED) is 0.0263. The first-order valence-corrected chi connectivity index (χ1v) is 34.1. The largest absolute Gasteiger partial charge is 0.483 e. The summed E-state index contributed by atoms with van der Waals surface area (Å²) in [4.78, 5) is 47.7. The van der Waals surface area contributed by atoms with Crippen molar-refractivity contribution < 1.29 is 151 Å². The minimum atomic E-state index is -5.90. The number of ether oxygens (including phenoxy) is 9. The van der Waals surface area contributed by atoms with Crippen LogP contribution in [0.3, 0.4) is 0 Å². The van der Waals surface area contributed by atoms with Crippen LogP contribution in [0, 0.1) is 0 Å². The molecule has 5 aliphatic rings. The van der Waals surface area contributed by atoms with Crippen LogP contribution in [0.25, 0.3) is 0 Å². The molecule has 5 rings (SSSR count). The molecule has 0 saturated carbocycles. The van der Waals surface area contributed by atoms with Gasteiger partial charge in [-0.25, -0.2) is 9.13 Å². The Balaban J connectivity index is 1.35. The zero-order valence-corrected chi connectivity index (χ0v) is 55.9. The van der Waals surface area contributed by atoms with Crippen molar-refractivity contribution in [3.8, 4) is 0 Å². The average Bonchev–Trinajstić information content (AvgIpc) is 0.766. The molecule has 5 heterocycles. The molecule has 94 heavy (non-hydrogen) atoms. The molecule has 5 aliphatic heterocycles. The van der Waals surface area contributed by atoms with Crippen LogP contribution in [0.1, 0.15) is 114 Å². The van der Waals surface area contributed by atoms with Crippen molar-refractivity contribution in [1.29, 1.82) is 0 Å². The first-order valence-electron chi connectivity index (χ1n) is 31.1. The molecule has 2 amide bonds.